The second kappa shape index (κ2) is 6.29. The van der Waals surface area contributed by atoms with Crippen molar-refractivity contribution in [3.8, 4) is 5.69 Å². The summed E-state index contributed by atoms with van der Waals surface area (Å²) in [5, 5.41) is 13.3. The van der Waals surface area contributed by atoms with E-state index in [1.54, 1.807) is 17.8 Å². The van der Waals surface area contributed by atoms with Gasteiger partial charge in [-0.3, -0.25) is 4.79 Å². The fraction of sp³-hybridized carbons (Fsp3) is 0.333. The third-order valence-electron chi connectivity index (χ3n) is 3.19. The lowest BCUT2D eigenvalue weighted by molar-refractivity contribution is -0.121. The van der Waals surface area contributed by atoms with Crippen LogP contribution in [-0.2, 0) is 11.2 Å². The molecule has 0 aliphatic carbocycles. The van der Waals surface area contributed by atoms with E-state index in [0.29, 0.717) is 12.8 Å². The van der Waals surface area contributed by atoms with Gasteiger partial charge in [0.05, 0.1) is 11.9 Å². The summed E-state index contributed by atoms with van der Waals surface area (Å²) in [6.07, 6.45) is 4.84. The molecule has 0 amide bonds. The maximum Gasteiger partial charge on any atom is 0.133 e. The van der Waals surface area contributed by atoms with Crippen LogP contribution < -0.4 is 0 Å². The van der Waals surface area contributed by atoms with Crippen molar-refractivity contribution in [1.82, 2.24) is 9.78 Å². The van der Waals surface area contributed by atoms with E-state index in [-0.39, 0.29) is 18.3 Å². The number of benzene rings is 1. The minimum Gasteiger partial charge on any atom is -0.396 e. The van der Waals surface area contributed by atoms with Gasteiger partial charge in [-0.2, -0.15) is 5.10 Å². The number of rotatable bonds is 6. The van der Waals surface area contributed by atoms with Crippen LogP contribution in [0.2, 0.25) is 0 Å². The molecular weight excluding hydrogens is 240 g/mol. The first-order chi connectivity index (χ1) is 9.20. The molecule has 0 saturated heterocycles. The SMILES string of the molecule is CC(=O)C(CCO)Cc1cnn(-c2ccccc2)c1. The Morgan fingerprint density at radius 2 is 2.11 bits per heavy atom. The highest BCUT2D eigenvalue weighted by molar-refractivity contribution is 5.78. The van der Waals surface area contributed by atoms with Crippen molar-refractivity contribution < 1.29 is 9.90 Å². The molecule has 0 saturated carbocycles. The molecule has 100 valence electrons. The van der Waals surface area contributed by atoms with Crippen LogP contribution in [0.25, 0.3) is 5.69 Å². The third kappa shape index (κ3) is 3.51. The number of aliphatic hydroxyl groups is 1. The van der Waals surface area contributed by atoms with Gasteiger partial charge in [-0.15, -0.1) is 0 Å². The number of carbonyl (C=O) groups is 1. The predicted octanol–water partition coefficient (Wildman–Crippen LogP) is 2.00. The standard InChI is InChI=1S/C15H18N2O2/c1-12(19)14(7-8-18)9-13-10-16-17(11-13)15-5-3-2-4-6-15/h2-6,10-11,14,18H,7-9H2,1H3. The van der Waals surface area contributed by atoms with E-state index in [1.165, 1.54) is 0 Å². The first-order valence-electron chi connectivity index (χ1n) is 6.41. The molecule has 4 heteroatoms. The summed E-state index contributed by atoms with van der Waals surface area (Å²) in [6.45, 7) is 1.61. The second-order valence-electron chi connectivity index (χ2n) is 4.65. The predicted molar refractivity (Wildman–Crippen MR) is 73.1 cm³/mol. The lowest BCUT2D eigenvalue weighted by atomic mass is 9.95. The van der Waals surface area contributed by atoms with E-state index in [1.807, 2.05) is 36.5 Å². The van der Waals surface area contributed by atoms with Gasteiger partial charge >= 0.3 is 0 Å². The fourth-order valence-corrected chi connectivity index (χ4v) is 2.08. The van der Waals surface area contributed by atoms with E-state index in [9.17, 15) is 4.79 Å². The highest BCUT2D eigenvalue weighted by Crippen LogP contribution is 2.14. The molecule has 1 atom stereocenters. The van der Waals surface area contributed by atoms with Crippen LogP contribution in [0.4, 0.5) is 0 Å². The molecular formula is C15H18N2O2. The summed E-state index contributed by atoms with van der Waals surface area (Å²) in [7, 11) is 0. The van der Waals surface area contributed by atoms with Gasteiger partial charge in [0, 0.05) is 18.7 Å². The number of ketones is 1. The Bertz CT molecular complexity index is 534. The Morgan fingerprint density at radius 3 is 2.74 bits per heavy atom. The largest absolute Gasteiger partial charge is 0.396 e. The summed E-state index contributed by atoms with van der Waals surface area (Å²) < 4.78 is 1.80. The van der Waals surface area contributed by atoms with Gasteiger partial charge in [0.1, 0.15) is 5.78 Å². The van der Waals surface area contributed by atoms with Crippen molar-refractivity contribution in [2.24, 2.45) is 5.92 Å². The average Bonchev–Trinajstić information content (AvgIpc) is 2.88. The number of Topliss-reactive ketones (excluding diaryl/α,β-unsaturated/α-hetero) is 1. The minimum atomic E-state index is -0.126. The maximum absolute atomic E-state index is 11.5. The van der Waals surface area contributed by atoms with Crippen LogP contribution in [0.5, 0.6) is 0 Å². The first kappa shape index (κ1) is 13.5. The van der Waals surface area contributed by atoms with Crippen molar-refractivity contribution in [3.05, 3.63) is 48.3 Å². The maximum atomic E-state index is 11.5. The lowest BCUT2D eigenvalue weighted by Gasteiger charge is -2.10. The highest BCUT2D eigenvalue weighted by Gasteiger charge is 2.15. The summed E-state index contributed by atoms with van der Waals surface area (Å²) in [6, 6.07) is 9.84. The molecule has 0 bridgehead atoms. The normalized spacial score (nSPS) is 12.3. The van der Waals surface area contributed by atoms with Gasteiger partial charge in [0.25, 0.3) is 0 Å². The van der Waals surface area contributed by atoms with Gasteiger partial charge < -0.3 is 5.11 Å². The van der Waals surface area contributed by atoms with Gasteiger partial charge in [-0.1, -0.05) is 18.2 Å². The number of hydrogen-bond donors (Lipinski definition) is 1. The Balaban J connectivity index is 2.11. The number of aromatic nitrogens is 2. The van der Waals surface area contributed by atoms with E-state index < -0.39 is 0 Å². The van der Waals surface area contributed by atoms with Crippen molar-refractivity contribution in [1.29, 1.82) is 0 Å². The number of hydrogen-bond acceptors (Lipinski definition) is 3. The van der Waals surface area contributed by atoms with Crippen LogP contribution in [0.15, 0.2) is 42.7 Å². The Labute approximate surface area is 112 Å². The molecule has 0 fully saturated rings. The smallest absolute Gasteiger partial charge is 0.133 e. The van der Waals surface area contributed by atoms with Crippen LogP contribution in [0, 0.1) is 5.92 Å². The van der Waals surface area contributed by atoms with Crippen LogP contribution in [0.1, 0.15) is 18.9 Å². The number of carbonyl (C=O) groups excluding carboxylic acids is 1. The Hall–Kier alpha value is -1.94. The molecule has 0 aliphatic rings. The molecule has 19 heavy (non-hydrogen) atoms. The molecule has 1 unspecified atom stereocenters. The molecule has 1 heterocycles. The van der Waals surface area contributed by atoms with E-state index in [2.05, 4.69) is 5.10 Å². The molecule has 0 aliphatic heterocycles. The van der Waals surface area contributed by atoms with Gasteiger partial charge in [-0.05, 0) is 37.5 Å². The van der Waals surface area contributed by atoms with Crippen molar-refractivity contribution in [2.45, 2.75) is 19.8 Å². The zero-order valence-electron chi connectivity index (χ0n) is 11.0. The Kier molecular flexibility index (Phi) is 4.47. The second-order valence-corrected chi connectivity index (χ2v) is 4.65. The van der Waals surface area contributed by atoms with Gasteiger partial charge in [-0.25, -0.2) is 4.68 Å². The molecule has 4 nitrogen and oxygen atoms in total. The molecule has 0 radical (unpaired) electrons. The number of para-hydroxylation sites is 1. The van der Waals surface area contributed by atoms with E-state index >= 15 is 0 Å². The summed E-state index contributed by atoms with van der Waals surface area (Å²) in [5.41, 5.74) is 2.01. The van der Waals surface area contributed by atoms with Crippen LogP contribution in [0.3, 0.4) is 0 Å². The van der Waals surface area contributed by atoms with E-state index in [4.69, 9.17) is 5.11 Å². The summed E-state index contributed by atoms with van der Waals surface area (Å²) in [5.74, 6) is -0.0139. The van der Waals surface area contributed by atoms with Crippen molar-refractivity contribution in [2.75, 3.05) is 6.61 Å². The first-order valence-corrected chi connectivity index (χ1v) is 6.41. The topological polar surface area (TPSA) is 55.1 Å². The number of aliphatic hydroxyl groups excluding tert-OH is 1. The Morgan fingerprint density at radius 1 is 1.37 bits per heavy atom. The summed E-state index contributed by atoms with van der Waals surface area (Å²) in [4.78, 5) is 11.5. The van der Waals surface area contributed by atoms with Crippen molar-refractivity contribution in [3.63, 3.8) is 0 Å². The monoisotopic (exact) mass is 258 g/mol. The molecule has 0 spiro atoms. The fourth-order valence-electron chi connectivity index (χ4n) is 2.08. The van der Waals surface area contributed by atoms with Gasteiger partial charge in [0.2, 0.25) is 0 Å². The molecule has 1 N–H and O–H groups in total. The molecule has 1 aromatic heterocycles. The highest BCUT2D eigenvalue weighted by atomic mass is 16.3. The summed E-state index contributed by atoms with van der Waals surface area (Å²) >= 11 is 0. The van der Waals surface area contributed by atoms with Crippen LogP contribution in [-0.4, -0.2) is 27.3 Å². The third-order valence-corrected chi connectivity index (χ3v) is 3.19. The minimum absolute atomic E-state index is 0.0388. The quantitative estimate of drug-likeness (QED) is 0.862. The number of nitrogens with zero attached hydrogens (tertiary/aromatic N) is 2. The zero-order valence-corrected chi connectivity index (χ0v) is 11.0. The van der Waals surface area contributed by atoms with Crippen LogP contribution >= 0.6 is 0 Å². The van der Waals surface area contributed by atoms with Crippen molar-refractivity contribution >= 4 is 5.78 Å². The molecule has 2 aromatic rings. The van der Waals surface area contributed by atoms with E-state index in [0.717, 1.165) is 11.3 Å². The van der Waals surface area contributed by atoms with Gasteiger partial charge in [0.15, 0.2) is 0 Å². The lowest BCUT2D eigenvalue weighted by Crippen LogP contribution is -2.15. The zero-order chi connectivity index (χ0) is 13.7. The molecule has 2 rings (SSSR count). The average molecular weight is 258 g/mol. The molecule has 1 aromatic carbocycles.